The van der Waals surface area contributed by atoms with Crippen molar-refractivity contribution in [2.24, 2.45) is 0 Å². The molecule has 0 aromatic rings. The van der Waals surface area contributed by atoms with Gasteiger partial charge in [-0.2, -0.15) is 0 Å². The summed E-state index contributed by atoms with van der Waals surface area (Å²) in [6.45, 7) is 5.67. The van der Waals surface area contributed by atoms with Crippen molar-refractivity contribution in [3.8, 4) is 0 Å². The molecule has 0 aliphatic carbocycles. The lowest BCUT2D eigenvalue weighted by Crippen LogP contribution is -1.96. The maximum atomic E-state index is 10.5. The van der Waals surface area contributed by atoms with Gasteiger partial charge in [-0.15, -0.1) is 0 Å². The maximum Gasteiger partial charge on any atom is 0.331 e. The first-order valence-electron chi connectivity index (χ1n) is 4.22. The summed E-state index contributed by atoms with van der Waals surface area (Å²) in [5.74, 6) is -0.842. The summed E-state index contributed by atoms with van der Waals surface area (Å²) in [6.07, 6.45) is 5.61. The van der Waals surface area contributed by atoms with E-state index in [9.17, 15) is 4.79 Å². The van der Waals surface area contributed by atoms with Crippen LogP contribution in [0, 0.1) is 0 Å². The van der Waals surface area contributed by atoms with E-state index < -0.39 is 5.97 Å². The fraction of sp³-hybridized carbons (Fsp3) is 0.500. The molecule has 0 fully saturated rings. The molecule has 0 aliphatic heterocycles. The van der Waals surface area contributed by atoms with Gasteiger partial charge in [-0.3, -0.25) is 0 Å². The van der Waals surface area contributed by atoms with E-state index >= 15 is 0 Å². The van der Waals surface area contributed by atoms with Crippen LogP contribution in [0.15, 0.2) is 23.3 Å². The van der Waals surface area contributed by atoms with Crippen molar-refractivity contribution < 1.29 is 9.90 Å². The average Bonchev–Trinajstić information content (AvgIpc) is 2.03. The molecule has 0 saturated heterocycles. The number of rotatable bonds is 4. The number of allylic oxidation sites excluding steroid dienone is 3. The highest BCUT2D eigenvalue weighted by molar-refractivity contribution is 5.86. The van der Waals surface area contributed by atoms with Crippen molar-refractivity contribution in [2.75, 3.05) is 0 Å². The van der Waals surface area contributed by atoms with Crippen molar-refractivity contribution in [3.63, 3.8) is 0 Å². The Labute approximate surface area is 73.6 Å². The quantitative estimate of drug-likeness (QED) is 0.517. The predicted octanol–water partition coefficient (Wildman–Crippen LogP) is 2.76. The molecule has 0 aromatic heterocycles. The van der Waals surface area contributed by atoms with Crippen LogP contribution in [0.3, 0.4) is 0 Å². The second kappa shape index (κ2) is 5.58. The number of hydrogen-bond acceptors (Lipinski definition) is 1. The molecular formula is C10H16O2. The standard InChI is InChI=1S/C10H16O2/c1-4-6-9(5-2)7-8(3)10(11)12/h6-7H,4-5H2,1-3H3,(H,11,12). The first-order chi connectivity index (χ1) is 5.61. The van der Waals surface area contributed by atoms with E-state index in [0.717, 1.165) is 18.4 Å². The van der Waals surface area contributed by atoms with E-state index in [1.165, 1.54) is 0 Å². The van der Waals surface area contributed by atoms with E-state index in [-0.39, 0.29) is 0 Å². The van der Waals surface area contributed by atoms with E-state index in [1.54, 1.807) is 13.0 Å². The van der Waals surface area contributed by atoms with E-state index in [0.29, 0.717) is 5.57 Å². The van der Waals surface area contributed by atoms with Gasteiger partial charge >= 0.3 is 5.97 Å². The fourth-order valence-corrected chi connectivity index (χ4v) is 0.907. The molecule has 0 spiro atoms. The predicted molar refractivity (Wildman–Crippen MR) is 50.1 cm³/mol. The molecule has 1 N–H and O–H groups in total. The number of carboxylic acids is 1. The van der Waals surface area contributed by atoms with Crippen LogP contribution in [0.5, 0.6) is 0 Å². The van der Waals surface area contributed by atoms with Crippen LogP contribution in [-0.2, 0) is 4.79 Å². The molecule has 0 heterocycles. The highest BCUT2D eigenvalue weighted by atomic mass is 16.4. The largest absolute Gasteiger partial charge is 0.478 e. The van der Waals surface area contributed by atoms with Crippen LogP contribution in [0.1, 0.15) is 33.6 Å². The third-order valence-corrected chi connectivity index (χ3v) is 1.61. The van der Waals surface area contributed by atoms with Crippen LogP contribution in [0.4, 0.5) is 0 Å². The van der Waals surface area contributed by atoms with Crippen molar-refractivity contribution in [3.05, 3.63) is 23.3 Å². The Morgan fingerprint density at radius 1 is 1.42 bits per heavy atom. The first kappa shape index (κ1) is 11.0. The monoisotopic (exact) mass is 168 g/mol. The van der Waals surface area contributed by atoms with Gasteiger partial charge in [-0.25, -0.2) is 4.79 Å². The molecule has 68 valence electrons. The lowest BCUT2D eigenvalue weighted by Gasteiger charge is -1.97. The topological polar surface area (TPSA) is 37.3 Å². The minimum atomic E-state index is -0.842. The van der Waals surface area contributed by atoms with Gasteiger partial charge in [0.05, 0.1) is 0 Å². The molecule has 0 aromatic carbocycles. The second-order valence-corrected chi connectivity index (χ2v) is 2.67. The third kappa shape index (κ3) is 3.96. The van der Waals surface area contributed by atoms with E-state index in [2.05, 4.69) is 0 Å². The molecule has 2 nitrogen and oxygen atoms in total. The van der Waals surface area contributed by atoms with Crippen LogP contribution < -0.4 is 0 Å². The number of carbonyl (C=O) groups is 1. The Kier molecular flexibility index (Phi) is 5.09. The Bertz CT molecular complexity index is 212. The van der Waals surface area contributed by atoms with Gasteiger partial charge in [0.2, 0.25) is 0 Å². The van der Waals surface area contributed by atoms with Crippen LogP contribution in [0.25, 0.3) is 0 Å². The molecule has 0 aliphatic rings. The minimum Gasteiger partial charge on any atom is -0.478 e. The third-order valence-electron chi connectivity index (χ3n) is 1.61. The van der Waals surface area contributed by atoms with Gasteiger partial charge in [-0.1, -0.05) is 25.5 Å². The summed E-state index contributed by atoms with van der Waals surface area (Å²) in [5.41, 5.74) is 1.49. The molecule has 0 rings (SSSR count). The zero-order chi connectivity index (χ0) is 9.56. The average molecular weight is 168 g/mol. The van der Waals surface area contributed by atoms with Crippen LogP contribution in [-0.4, -0.2) is 11.1 Å². The zero-order valence-electron chi connectivity index (χ0n) is 7.92. The van der Waals surface area contributed by atoms with Crippen molar-refractivity contribution >= 4 is 5.97 Å². The van der Waals surface area contributed by atoms with Crippen molar-refractivity contribution in [1.29, 1.82) is 0 Å². The number of hydrogen-bond donors (Lipinski definition) is 1. The minimum absolute atomic E-state index is 0.400. The normalized spacial score (nSPS) is 13.2. The molecule has 0 atom stereocenters. The fourth-order valence-electron chi connectivity index (χ4n) is 0.907. The summed E-state index contributed by atoms with van der Waals surface area (Å²) in [7, 11) is 0. The van der Waals surface area contributed by atoms with Gasteiger partial charge < -0.3 is 5.11 Å². The summed E-state index contributed by atoms with van der Waals surface area (Å²) in [5, 5.41) is 8.60. The molecule has 0 amide bonds. The number of carboxylic acid groups (broad SMARTS) is 1. The SMILES string of the molecule is CCC=C(C=C(C)C(=O)O)CC. The molecular weight excluding hydrogens is 152 g/mol. The van der Waals surface area contributed by atoms with Gasteiger partial charge in [0, 0.05) is 5.57 Å². The van der Waals surface area contributed by atoms with Crippen LogP contribution in [0.2, 0.25) is 0 Å². The highest BCUT2D eigenvalue weighted by Gasteiger charge is 1.99. The Balaban J connectivity index is 4.47. The molecule has 0 radical (unpaired) electrons. The summed E-state index contributed by atoms with van der Waals surface area (Å²) in [4.78, 5) is 10.5. The van der Waals surface area contributed by atoms with Crippen LogP contribution >= 0.6 is 0 Å². The van der Waals surface area contributed by atoms with E-state index in [4.69, 9.17) is 5.11 Å². The second-order valence-electron chi connectivity index (χ2n) is 2.67. The Morgan fingerprint density at radius 3 is 2.33 bits per heavy atom. The van der Waals surface area contributed by atoms with Gasteiger partial charge in [0.15, 0.2) is 0 Å². The summed E-state index contributed by atoms with van der Waals surface area (Å²) >= 11 is 0. The summed E-state index contributed by atoms with van der Waals surface area (Å²) in [6, 6.07) is 0. The molecule has 2 heteroatoms. The molecule has 0 bridgehead atoms. The smallest absolute Gasteiger partial charge is 0.331 e. The first-order valence-corrected chi connectivity index (χ1v) is 4.22. The maximum absolute atomic E-state index is 10.5. The summed E-state index contributed by atoms with van der Waals surface area (Å²) < 4.78 is 0. The highest BCUT2D eigenvalue weighted by Crippen LogP contribution is 2.07. The lowest BCUT2D eigenvalue weighted by molar-refractivity contribution is -0.132. The molecule has 0 saturated carbocycles. The van der Waals surface area contributed by atoms with Gasteiger partial charge in [-0.05, 0) is 25.8 Å². The zero-order valence-corrected chi connectivity index (χ0v) is 7.92. The number of aliphatic carboxylic acids is 1. The van der Waals surface area contributed by atoms with E-state index in [1.807, 2.05) is 19.9 Å². The van der Waals surface area contributed by atoms with Gasteiger partial charge in [0.1, 0.15) is 0 Å². The Hall–Kier alpha value is -1.05. The molecule has 12 heavy (non-hydrogen) atoms. The van der Waals surface area contributed by atoms with Gasteiger partial charge in [0.25, 0.3) is 0 Å². The Morgan fingerprint density at radius 2 is 2.00 bits per heavy atom. The van der Waals surface area contributed by atoms with Crippen molar-refractivity contribution in [1.82, 2.24) is 0 Å². The molecule has 0 unspecified atom stereocenters. The van der Waals surface area contributed by atoms with Crippen molar-refractivity contribution in [2.45, 2.75) is 33.6 Å². The lowest BCUT2D eigenvalue weighted by atomic mass is 10.1.